The number of halogens is 1. The fourth-order valence-electron chi connectivity index (χ4n) is 3.02. The Morgan fingerprint density at radius 3 is 2.35 bits per heavy atom. The Morgan fingerprint density at radius 1 is 1.12 bits per heavy atom. The predicted molar refractivity (Wildman–Crippen MR) is 97.2 cm³/mol. The van der Waals surface area contributed by atoms with Gasteiger partial charge in [-0.05, 0) is 36.4 Å². The van der Waals surface area contributed by atoms with E-state index in [4.69, 9.17) is 0 Å². The topological polar surface area (TPSA) is 78.7 Å². The number of carbonyl (C=O) groups excluding carboxylic acids is 1. The second-order valence-corrected chi connectivity index (χ2v) is 5.99. The Hall–Kier alpha value is -3.16. The van der Waals surface area contributed by atoms with E-state index in [0.717, 1.165) is 5.69 Å². The molecular formula is C18H19FN4O3. The van der Waals surface area contributed by atoms with Crippen molar-refractivity contribution in [2.24, 2.45) is 0 Å². The van der Waals surface area contributed by atoms with E-state index < -0.39 is 4.92 Å². The van der Waals surface area contributed by atoms with Crippen LogP contribution in [0.15, 0.2) is 42.5 Å². The van der Waals surface area contributed by atoms with Crippen LogP contribution in [0.25, 0.3) is 0 Å². The molecule has 0 radical (unpaired) electrons. The molecule has 0 unspecified atom stereocenters. The van der Waals surface area contributed by atoms with E-state index in [1.165, 1.54) is 30.3 Å². The Bertz CT molecular complexity index is 818. The van der Waals surface area contributed by atoms with Gasteiger partial charge in [0.15, 0.2) is 0 Å². The van der Waals surface area contributed by atoms with Crippen molar-refractivity contribution in [3.05, 3.63) is 64.0 Å². The maximum atomic E-state index is 13.0. The molecule has 0 bridgehead atoms. The molecule has 136 valence electrons. The van der Waals surface area contributed by atoms with Gasteiger partial charge in [-0.2, -0.15) is 0 Å². The molecule has 3 rings (SSSR count). The summed E-state index contributed by atoms with van der Waals surface area (Å²) in [4.78, 5) is 26.9. The third kappa shape index (κ3) is 3.58. The minimum absolute atomic E-state index is 0.0290. The van der Waals surface area contributed by atoms with Crippen LogP contribution >= 0.6 is 0 Å². The summed E-state index contributed by atoms with van der Waals surface area (Å²) < 4.78 is 13.0. The summed E-state index contributed by atoms with van der Waals surface area (Å²) in [5, 5.41) is 13.9. The third-order valence-corrected chi connectivity index (χ3v) is 4.47. The minimum Gasteiger partial charge on any atom is -0.383 e. The van der Waals surface area contributed by atoms with E-state index >= 15 is 0 Å². The van der Waals surface area contributed by atoms with E-state index in [1.807, 2.05) is 0 Å². The molecule has 1 N–H and O–H groups in total. The lowest BCUT2D eigenvalue weighted by atomic mass is 10.1. The van der Waals surface area contributed by atoms with E-state index in [-0.39, 0.29) is 17.4 Å². The molecule has 1 amide bonds. The van der Waals surface area contributed by atoms with Crippen LogP contribution in [0.2, 0.25) is 0 Å². The summed E-state index contributed by atoms with van der Waals surface area (Å²) in [5.74, 6) is -0.492. The number of amides is 1. The smallest absolute Gasteiger partial charge is 0.292 e. The molecule has 0 spiro atoms. The molecule has 7 nitrogen and oxygen atoms in total. The summed E-state index contributed by atoms with van der Waals surface area (Å²) in [6.07, 6.45) is 0. The predicted octanol–water partition coefficient (Wildman–Crippen LogP) is 2.74. The van der Waals surface area contributed by atoms with Crippen LogP contribution in [-0.2, 0) is 0 Å². The van der Waals surface area contributed by atoms with Gasteiger partial charge in [-0.25, -0.2) is 4.39 Å². The molecule has 0 saturated carbocycles. The van der Waals surface area contributed by atoms with Crippen molar-refractivity contribution in [2.75, 3.05) is 43.4 Å². The van der Waals surface area contributed by atoms with Gasteiger partial charge in [0.1, 0.15) is 11.5 Å². The van der Waals surface area contributed by atoms with Crippen LogP contribution in [0.5, 0.6) is 0 Å². The van der Waals surface area contributed by atoms with Gasteiger partial charge >= 0.3 is 0 Å². The number of nitrogens with one attached hydrogen (secondary N) is 1. The molecule has 26 heavy (non-hydrogen) atoms. The lowest BCUT2D eigenvalue weighted by Gasteiger charge is -2.36. The van der Waals surface area contributed by atoms with E-state index in [9.17, 15) is 19.3 Å². The number of hydrogen-bond acceptors (Lipinski definition) is 5. The molecular weight excluding hydrogens is 339 g/mol. The van der Waals surface area contributed by atoms with Crippen molar-refractivity contribution in [1.82, 2.24) is 4.90 Å². The lowest BCUT2D eigenvalue weighted by molar-refractivity contribution is -0.383. The molecule has 1 aliphatic rings. The van der Waals surface area contributed by atoms with Crippen molar-refractivity contribution >= 4 is 23.0 Å². The highest BCUT2D eigenvalue weighted by Gasteiger charge is 2.23. The van der Waals surface area contributed by atoms with Crippen molar-refractivity contribution in [1.29, 1.82) is 0 Å². The number of anilines is 2. The Balaban J connectivity index is 1.67. The minimum atomic E-state index is -0.422. The van der Waals surface area contributed by atoms with Crippen LogP contribution in [0.4, 0.5) is 21.5 Å². The van der Waals surface area contributed by atoms with Crippen LogP contribution in [-0.4, -0.2) is 49.0 Å². The number of nitro groups is 1. The number of nitro benzene ring substituents is 1. The summed E-state index contributed by atoms with van der Waals surface area (Å²) in [6, 6.07) is 10.5. The average molecular weight is 358 g/mol. The number of carbonyl (C=O) groups is 1. The van der Waals surface area contributed by atoms with Gasteiger partial charge in [0, 0.05) is 50.5 Å². The van der Waals surface area contributed by atoms with Gasteiger partial charge in [-0.15, -0.1) is 0 Å². The normalized spacial score (nSPS) is 14.2. The SMILES string of the molecule is CNc1cc(N2CCN(C(=O)c3ccc(F)cc3)CC2)ccc1[N+](=O)[O-]. The first-order chi connectivity index (χ1) is 12.5. The maximum Gasteiger partial charge on any atom is 0.292 e. The third-order valence-electron chi connectivity index (χ3n) is 4.47. The summed E-state index contributed by atoms with van der Waals surface area (Å²) >= 11 is 0. The van der Waals surface area contributed by atoms with Gasteiger partial charge in [-0.1, -0.05) is 0 Å². The highest BCUT2D eigenvalue weighted by Crippen LogP contribution is 2.29. The fourth-order valence-corrected chi connectivity index (χ4v) is 3.02. The van der Waals surface area contributed by atoms with Crippen LogP contribution in [0.3, 0.4) is 0 Å². The van der Waals surface area contributed by atoms with Crippen LogP contribution in [0.1, 0.15) is 10.4 Å². The first kappa shape index (κ1) is 17.7. The number of hydrogen-bond donors (Lipinski definition) is 1. The molecule has 0 aromatic heterocycles. The molecule has 1 fully saturated rings. The van der Waals surface area contributed by atoms with E-state index in [0.29, 0.717) is 37.4 Å². The number of rotatable bonds is 4. The molecule has 2 aromatic rings. The van der Waals surface area contributed by atoms with E-state index in [2.05, 4.69) is 10.2 Å². The van der Waals surface area contributed by atoms with E-state index in [1.54, 1.807) is 24.1 Å². The quantitative estimate of drug-likeness (QED) is 0.672. The zero-order chi connectivity index (χ0) is 18.7. The Labute approximate surface area is 150 Å². The van der Waals surface area contributed by atoms with Gasteiger partial charge in [-0.3, -0.25) is 14.9 Å². The van der Waals surface area contributed by atoms with Gasteiger partial charge in [0.05, 0.1) is 4.92 Å². The van der Waals surface area contributed by atoms with Gasteiger partial charge in [0.25, 0.3) is 11.6 Å². The Kier molecular flexibility index (Phi) is 5.01. The molecule has 0 atom stereocenters. The second-order valence-electron chi connectivity index (χ2n) is 5.99. The zero-order valence-electron chi connectivity index (χ0n) is 14.3. The monoisotopic (exact) mass is 358 g/mol. The zero-order valence-corrected chi connectivity index (χ0v) is 14.3. The van der Waals surface area contributed by atoms with Crippen molar-refractivity contribution in [2.45, 2.75) is 0 Å². The number of benzene rings is 2. The molecule has 1 heterocycles. The number of nitrogens with zero attached hydrogens (tertiary/aromatic N) is 3. The highest BCUT2D eigenvalue weighted by molar-refractivity contribution is 5.94. The first-order valence-electron chi connectivity index (χ1n) is 8.25. The summed E-state index contributed by atoms with van der Waals surface area (Å²) in [7, 11) is 1.64. The van der Waals surface area contributed by atoms with Crippen molar-refractivity contribution < 1.29 is 14.1 Å². The molecule has 2 aromatic carbocycles. The highest BCUT2D eigenvalue weighted by atomic mass is 19.1. The molecule has 0 aliphatic carbocycles. The largest absolute Gasteiger partial charge is 0.383 e. The molecule has 1 aliphatic heterocycles. The number of piperazine rings is 1. The molecule has 8 heteroatoms. The standard InChI is InChI=1S/C18H19FN4O3/c1-20-16-12-15(6-7-17(16)23(25)26)21-8-10-22(11-9-21)18(24)13-2-4-14(19)5-3-13/h2-7,12,20H,8-11H2,1H3. The van der Waals surface area contributed by atoms with Crippen LogP contribution in [0, 0.1) is 15.9 Å². The van der Waals surface area contributed by atoms with Crippen molar-refractivity contribution in [3.63, 3.8) is 0 Å². The Morgan fingerprint density at radius 2 is 1.77 bits per heavy atom. The summed E-state index contributed by atoms with van der Waals surface area (Å²) in [6.45, 7) is 2.30. The fraction of sp³-hybridized carbons (Fsp3) is 0.278. The first-order valence-corrected chi connectivity index (χ1v) is 8.25. The van der Waals surface area contributed by atoms with Crippen molar-refractivity contribution in [3.8, 4) is 0 Å². The molecule has 1 saturated heterocycles. The van der Waals surface area contributed by atoms with Gasteiger partial charge in [0.2, 0.25) is 0 Å². The van der Waals surface area contributed by atoms with Crippen LogP contribution < -0.4 is 10.2 Å². The summed E-state index contributed by atoms with van der Waals surface area (Å²) in [5.41, 5.74) is 1.82. The second kappa shape index (κ2) is 7.38. The maximum absolute atomic E-state index is 13.0. The van der Waals surface area contributed by atoms with Gasteiger partial charge < -0.3 is 15.1 Å². The lowest BCUT2D eigenvalue weighted by Crippen LogP contribution is -2.48. The average Bonchev–Trinajstić information content (AvgIpc) is 2.67.